The van der Waals surface area contributed by atoms with Gasteiger partial charge in [0.25, 0.3) is 5.91 Å². The van der Waals surface area contributed by atoms with Crippen LogP contribution in [0, 0.1) is 6.92 Å². The summed E-state index contributed by atoms with van der Waals surface area (Å²) in [5, 5.41) is 9.21. The molecule has 0 aliphatic rings. The van der Waals surface area contributed by atoms with Gasteiger partial charge in [-0.25, -0.2) is 0 Å². The fourth-order valence-electron chi connectivity index (χ4n) is 1.40. The Kier molecular flexibility index (Phi) is 3.04. The van der Waals surface area contributed by atoms with Crippen LogP contribution >= 0.6 is 0 Å². The van der Waals surface area contributed by atoms with Gasteiger partial charge in [0.05, 0.1) is 11.3 Å². The highest BCUT2D eigenvalue weighted by atomic mass is 16.5. The van der Waals surface area contributed by atoms with Gasteiger partial charge in [-0.3, -0.25) is 15.1 Å². The zero-order valence-electron chi connectivity index (χ0n) is 9.52. The molecule has 0 aliphatic carbocycles. The van der Waals surface area contributed by atoms with Crippen LogP contribution in [0.4, 0.5) is 11.6 Å². The molecule has 0 saturated heterocycles. The lowest BCUT2D eigenvalue weighted by atomic mass is 10.2. The summed E-state index contributed by atoms with van der Waals surface area (Å²) in [6, 6.07) is 3.37. The van der Waals surface area contributed by atoms with Gasteiger partial charge in [-0.2, -0.15) is 0 Å². The van der Waals surface area contributed by atoms with Crippen LogP contribution in [0.1, 0.15) is 16.1 Å². The Morgan fingerprint density at radius 1 is 1.47 bits per heavy atom. The van der Waals surface area contributed by atoms with E-state index in [1.165, 1.54) is 6.20 Å². The molecule has 0 aliphatic heterocycles. The van der Waals surface area contributed by atoms with E-state index in [1.54, 1.807) is 32.3 Å². The first-order chi connectivity index (χ1) is 8.20. The second-order valence-corrected chi connectivity index (χ2v) is 3.46. The van der Waals surface area contributed by atoms with E-state index in [9.17, 15) is 4.79 Å². The van der Waals surface area contributed by atoms with Crippen LogP contribution in [0.3, 0.4) is 0 Å². The molecule has 0 atom stereocenters. The van der Waals surface area contributed by atoms with E-state index in [0.717, 1.165) is 0 Å². The number of rotatable bonds is 3. The number of anilines is 2. The zero-order valence-corrected chi connectivity index (χ0v) is 9.52. The van der Waals surface area contributed by atoms with Gasteiger partial charge in [-0.1, -0.05) is 5.16 Å². The molecule has 0 bridgehead atoms. The summed E-state index contributed by atoms with van der Waals surface area (Å²) in [6.45, 7) is 1.78. The average molecular weight is 232 g/mol. The molecule has 0 spiro atoms. The smallest absolute Gasteiger partial charge is 0.261 e. The van der Waals surface area contributed by atoms with Crippen molar-refractivity contribution >= 4 is 17.5 Å². The lowest BCUT2D eigenvalue weighted by Crippen LogP contribution is -2.13. The molecule has 6 nitrogen and oxygen atoms in total. The number of carbonyl (C=O) groups is 1. The fraction of sp³-hybridized carbons (Fsp3) is 0.182. The van der Waals surface area contributed by atoms with E-state index in [1.807, 2.05) is 0 Å². The maximum Gasteiger partial charge on any atom is 0.261 e. The van der Waals surface area contributed by atoms with Gasteiger partial charge in [0.1, 0.15) is 0 Å². The van der Waals surface area contributed by atoms with Crippen LogP contribution in [0.15, 0.2) is 29.0 Å². The minimum Gasteiger partial charge on any atom is -0.387 e. The van der Waals surface area contributed by atoms with Gasteiger partial charge < -0.3 is 9.84 Å². The quantitative estimate of drug-likeness (QED) is 0.841. The maximum absolute atomic E-state index is 11.9. The first-order valence-corrected chi connectivity index (χ1v) is 5.07. The van der Waals surface area contributed by atoms with Crippen molar-refractivity contribution in [1.82, 2.24) is 10.1 Å². The molecular weight excluding hydrogens is 220 g/mol. The van der Waals surface area contributed by atoms with Gasteiger partial charge in [0, 0.05) is 31.2 Å². The van der Waals surface area contributed by atoms with Crippen LogP contribution in [0.25, 0.3) is 0 Å². The summed E-state index contributed by atoms with van der Waals surface area (Å²) < 4.78 is 4.91. The Hall–Kier alpha value is -2.37. The zero-order chi connectivity index (χ0) is 12.3. The maximum atomic E-state index is 11.9. The van der Waals surface area contributed by atoms with E-state index in [2.05, 4.69) is 20.8 Å². The van der Waals surface area contributed by atoms with E-state index in [-0.39, 0.29) is 5.91 Å². The minimum absolute atomic E-state index is 0.293. The summed E-state index contributed by atoms with van der Waals surface area (Å²) >= 11 is 0. The molecule has 0 saturated carbocycles. The standard InChI is InChI=1S/C11H12N4O2/c1-7-5-10(17-15-7)14-11(16)8-6-13-4-3-9(8)12-2/h3-6H,1-2H3,(H,12,13)(H,14,16). The Labute approximate surface area is 98.0 Å². The number of hydrogen-bond donors (Lipinski definition) is 2. The second-order valence-electron chi connectivity index (χ2n) is 3.46. The van der Waals surface area contributed by atoms with Crippen LogP contribution in [0.5, 0.6) is 0 Å². The Balaban J connectivity index is 2.20. The number of nitrogens with one attached hydrogen (secondary N) is 2. The monoisotopic (exact) mass is 232 g/mol. The van der Waals surface area contributed by atoms with Gasteiger partial charge in [0.2, 0.25) is 5.88 Å². The highest BCUT2D eigenvalue weighted by Gasteiger charge is 2.12. The highest BCUT2D eigenvalue weighted by Crippen LogP contribution is 2.15. The predicted molar refractivity (Wildman–Crippen MR) is 63.0 cm³/mol. The van der Waals surface area contributed by atoms with Crippen molar-refractivity contribution in [3.05, 3.63) is 35.8 Å². The van der Waals surface area contributed by atoms with Crippen molar-refractivity contribution in [2.45, 2.75) is 6.92 Å². The topological polar surface area (TPSA) is 80.0 Å². The summed E-state index contributed by atoms with van der Waals surface area (Å²) in [5.41, 5.74) is 1.86. The van der Waals surface area contributed by atoms with Gasteiger partial charge >= 0.3 is 0 Å². The molecule has 2 aromatic rings. The minimum atomic E-state index is -0.293. The predicted octanol–water partition coefficient (Wildman–Crippen LogP) is 1.67. The van der Waals surface area contributed by atoms with Crippen molar-refractivity contribution in [1.29, 1.82) is 0 Å². The normalized spacial score (nSPS) is 10.0. The molecule has 0 fully saturated rings. The molecular formula is C11H12N4O2. The Morgan fingerprint density at radius 3 is 2.94 bits per heavy atom. The van der Waals surface area contributed by atoms with Crippen LogP contribution in [0.2, 0.25) is 0 Å². The van der Waals surface area contributed by atoms with Crippen molar-refractivity contribution in [3.8, 4) is 0 Å². The van der Waals surface area contributed by atoms with Crippen molar-refractivity contribution in [3.63, 3.8) is 0 Å². The molecule has 88 valence electrons. The van der Waals surface area contributed by atoms with Gasteiger partial charge in [-0.05, 0) is 13.0 Å². The molecule has 2 heterocycles. The molecule has 0 unspecified atom stereocenters. The second kappa shape index (κ2) is 4.65. The summed E-state index contributed by atoms with van der Waals surface area (Å²) in [5.74, 6) is 0.0250. The number of aryl methyl sites for hydroxylation is 1. The number of hydrogen-bond acceptors (Lipinski definition) is 5. The lowest BCUT2D eigenvalue weighted by molar-refractivity contribution is 0.102. The number of carbonyl (C=O) groups excluding carboxylic acids is 1. The third-order valence-electron chi connectivity index (χ3n) is 2.20. The number of aromatic nitrogens is 2. The highest BCUT2D eigenvalue weighted by molar-refractivity contribution is 6.07. The van der Waals surface area contributed by atoms with E-state index in [0.29, 0.717) is 22.8 Å². The molecule has 0 radical (unpaired) electrons. The molecule has 2 aromatic heterocycles. The van der Waals surface area contributed by atoms with E-state index < -0.39 is 0 Å². The number of pyridine rings is 1. The summed E-state index contributed by atoms with van der Waals surface area (Å²) in [6.07, 6.45) is 3.10. The first kappa shape index (κ1) is 11.1. The molecule has 1 amide bonds. The third kappa shape index (κ3) is 2.41. The van der Waals surface area contributed by atoms with Crippen LogP contribution in [-0.4, -0.2) is 23.1 Å². The Bertz CT molecular complexity index is 536. The molecule has 17 heavy (non-hydrogen) atoms. The van der Waals surface area contributed by atoms with Gasteiger partial charge in [-0.15, -0.1) is 0 Å². The summed E-state index contributed by atoms with van der Waals surface area (Å²) in [7, 11) is 1.74. The lowest BCUT2D eigenvalue weighted by Gasteiger charge is -2.06. The van der Waals surface area contributed by atoms with E-state index >= 15 is 0 Å². The molecule has 2 N–H and O–H groups in total. The van der Waals surface area contributed by atoms with Crippen LogP contribution < -0.4 is 10.6 Å². The average Bonchev–Trinajstić information content (AvgIpc) is 2.74. The van der Waals surface area contributed by atoms with Gasteiger partial charge in [0.15, 0.2) is 0 Å². The fourth-order valence-corrected chi connectivity index (χ4v) is 1.40. The van der Waals surface area contributed by atoms with Crippen LogP contribution in [-0.2, 0) is 0 Å². The number of amides is 1. The Morgan fingerprint density at radius 2 is 2.29 bits per heavy atom. The third-order valence-corrected chi connectivity index (χ3v) is 2.20. The van der Waals surface area contributed by atoms with Crippen molar-refractivity contribution in [2.24, 2.45) is 0 Å². The molecule has 0 aromatic carbocycles. The molecule has 2 rings (SSSR count). The number of nitrogens with zero attached hydrogens (tertiary/aromatic N) is 2. The SMILES string of the molecule is CNc1ccncc1C(=O)Nc1cc(C)no1. The first-order valence-electron chi connectivity index (χ1n) is 5.07. The summed E-state index contributed by atoms with van der Waals surface area (Å²) in [4.78, 5) is 15.8. The van der Waals surface area contributed by atoms with Crippen molar-refractivity contribution in [2.75, 3.05) is 17.7 Å². The largest absolute Gasteiger partial charge is 0.387 e. The molecule has 6 heteroatoms. The van der Waals surface area contributed by atoms with E-state index in [4.69, 9.17) is 4.52 Å². The van der Waals surface area contributed by atoms with Crippen molar-refractivity contribution < 1.29 is 9.32 Å².